The molecule has 0 aromatic carbocycles. The van der Waals surface area contributed by atoms with Gasteiger partial charge in [0.15, 0.2) is 0 Å². The van der Waals surface area contributed by atoms with Crippen LogP contribution in [0.4, 0.5) is 0 Å². The number of allylic oxidation sites excluding steroid dienone is 1. The molecule has 0 atom stereocenters. The lowest BCUT2D eigenvalue weighted by molar-refractivity contribution is 0.0712. The fourth-order valence-electron chi connectivity index (χ4n) is 3.03. The van der Waals surface area contributed by atoms with E-state index in [2.05, 4.69) is 8.75 Å². The molecule has 1 heterocycles. The molecule has 6 heteroatoms. The van der Waals surface area contributed by atoms with Crippen molar-refractivity contribution in [3.05, 3.63) is 12.2 Å². The molecule has 1 aromatic rings. The molecule has 3 rings (SSSR count). The van der Waals surface area contributed by atoms with Crippen LogP contribution in [-0.2, 0) is 0 Å². The van der Waals surface area contributed by atoms with Crippen LogP contribution in [-0.4, -0.2) is 21.0 Å². The Morgan fingerprint density at radius 1 is 1.32 bits per heavy atom. The predicted octanol–water partition coefficient (Wildman–Crippen LogP) is 3.63. The van der Waals surface area contributed by atoms with Crippen LogP contribution in [0.1, 0.15) is 39.0 Å². The summed E-state index contributed by atoms with van der Waals surface area (Å²) in [5, 5.41) is 0. The summed E-state index contributed by atoms with van der Waals surface area (Å²) in [6.07, 6.45) is 9.99. The molecule has 0 N–H and O–H groups in total. The number of fused-ring (bicyclic) bond motifs is 2. The van der Waals surface area contributed by atoms with Gasteiger partial charge in [-0.1, -0.05) is 12.2 Å². The zero-order valence-electron chi connectivity index (χ0n) is 11.0. The number of hydrogen-bond donors (Lipinski definition) is 0. The molecule has 0 amide bonds. The van der Waals surface area contributed by atoms with Crippen molar-refractivity contribution >= 4 is 24.1 Å². The Bertz CT molecular complexity index is 442. The van der Waals surface area contributed by atoms with Crippen molar-refractivity contribution in [2.75, 3.05) is 6.61 Å². The number of ether oxygens (including phenoxy) is 2. The van der Waals surface area contributed by atoms with Gasteiger partial charge in [0, 0.05) is 0 Å². The highest BCUT2D eigenvalue weighted by molar-refractivity contribution is 6.99. The summed E-state index contributed by atoms with van der Waals surface area (Å²) >= 11 is 1.16. The van der Waals surface area contributed by atoms with Crippen molar-refractivity contribution in [2.24, 2.45) is 5.92 Å². The first kappa shape index (κ1) is 14.6. The van der Waals surface area contributed by atoms with Crippen LogP contribution in [0.5, 0.6) is 11.8 Å². The van der Waals surface area contributed by atoms with E-state index in [9.17, 15) is 0 Å². The minimum Gasteiger partial charge on any atom is -0.469 e. The molecule has 4 nitrogen and oxygen atoms in total. The van der Waals surface area contributed by atoms with Crippen LogP contribution in [0, 0.1) is 5.92 Å². The van der Waals surface area contributed by atoms with E-state index in [1.54, 1.807) is 0 Å². The van der Waals surface area contributed by atoms with Crippen LogP contribution in [0.25, 0.3) is 0 Å². The van der Waals surface area contributed by atoms with Crippen molar-refractivity contribution in [3.8, 4) is 11.8 Å². The summed E-state index contributed by atoms with van der Waals surface area (Å²) in [5.41, 5.74) is 0.0269. The van der Waals surface area contributed by atoms with Crippen LogP contribution in [0.2, 0.25) is 0 Å². The maximum Gasteiger partial charge on any atom is 0.291 e. The van der Waals surface area contributed by atoms with Gasteiger partial charge < -0.3 is 9.47 Å². The van der Waals surface area contributed by atoms with E-state index in [0.29, 0.717) is 18.4 Å². The SMILES string of the molecule is CC=CCOc1nsnc1OC12CCC(CC1)C2.Cl. The van der Waals surface area contributed by atoms with Gasteiger partial charge in [-0.25, -0.2) is 0 Å². The van der Waals surface area contributed by atoms with Gasteiger partial charge in [-0.05, 0) is 44.9 Å². The molecule has 0 radical (unpaired) electrons. The number of nitrogens with zero attached hydrogens (tertiary/aromatic N) is 2. The van der Waals surface area contributed by atoms with E-state index >= 15 is 0 Å². The van der Waals surface area contributed by atoms with Crippen LogP contribution in [0.15, 0.2) is 12.2 Å². The van der Waals surface area contributed by atoms with Gasteiger partial charge in [0.25, 0.3) is 11.8 Å². The van der Waals surface area contributed by atoms with Gasteiger partial charge in [0.2, 0.25) is 0 Å². The first-order chi connectivity index (χ1) is 8.81. The van der Waals surface area contributed by atoms with Crippen molar-refractivity contribution in [2.45, 2.75) is 44.6 Å². The van der Waals surface area contributed by atoms with Gasteiger partial charge in [0.1, 0.15) is 12.2 Å². The summed E-state index contributed by atoms with van der Waals surface area (Å²) in [4.78, 5) is 0. The zero-order valence-corrected chi connectivity index (χ0v) is 12.6. The van der Waals surface area contributed by atoms with Crippen molar-refractivity contribution < 1.29 is 9.47 Å². The Hall–Kier alpha value is -0.810. The van der Waals surface area contributed by atoms with E-state index in [-0.39, 0.29) is 18.0 Å². The lowest BCUT2D eigenvalue weighted by Crippen LogP contribution is -2.30. The van der Waals surface area contributed by atoms with Crippen LogP contribution >= 0.6 is 24.1 Å². The summed E-state index contributed by atoms with van der Waals surface area (Å²) in [5.74, 6) is 2.00. The van der Waals surface area contributed by atoms with Gasteiger partial charge in [-0.3, -0.25) is 0 Å². The molecule has 0 aliphatic heterocycles. The molecule has 2 aliphatic carbocycles. The Kier molecular flexibility index (Phi) is 4.68. The van der Waals surface area contributed by atoms with Gasteiger partial charge >= 0.3 is 0 Å². The molecule has 1 aromatic heterocycles. The first-order valence-corrected chi connectivity index (χ1v) is 7.30. The zero-order chi connectivity index (χ0) is 12.4. The fourth-order valence-corrected chi connectivity index (χ4v) is 3.47. The Morgan fingerprint density at radius 3 is 2.68 bits per heavy atom. The number of aromatic nitrogens is 2. The van der Waals surface area contributed by atoms with E-state index in [4.69, 9.17) is 9.47 Å². The summed E-state index contributed by atoms with van der Waals surface area (Å²) in [6.45, 7) is 2.49. The van der Waals surface area contributed by atoms with E-state index in [1.165, 1.54) is 19.3 Å². The monoisotopic (exact) mass is 302 g/mol. The lowest BCUT2D eigenvalue weighted by Gasteiger charge is -2.26. The standard InChI is InChI=1S/C13H18N2O2S.ClH/c1-2-3-8-16-11-12(15-18-14-11)17-13-6-4-10(9-13)5-7-13;/h2-3,10H,4-9H2,1H3;1H. The Labute approximate surface area is 123 Å². The van der Waals surface area contributed by atoms with E-state index in [1.807, 2.05) is 19.1 Å². The topological polar surface area (TPSA) is 44.2 Å². The second kappa shape index (κ2) is 6.09. The van der Waals surface area contributed by atoms with Gasteiger partial charge in [0.05, 0.1) is 11.7 Å². The quantitative estimate of drug-likeness (QED) is 0.779. The smallest absolute Gasteiger partial charge is 0.291 e. The third-order valence-electron chi connectivity index (χ3n) is 3.97. The fraction of sp³-hybridized carbons (Fsp3) is 0.692. The molecule has 19 heavy (non-hydrogen) atoms. The van der Waals surface area contributed by atoms with E-state index < -0.39 is 0 Å². The second-order valence-corrected chi connectivity index (χ2v) is 5.72. The molecule has 2 saturated carbocycles. The van der Waals surface area contributed by atoms with Crippen molar-refractivity contribution in [1.29, 1.82) is 0 Å². The molecule has 2 aliphatic rings. The molecule has 2 fully saturated rings. The molecule has 0 spiro atoms. The average molecular weight is 303 g/mol. The third-order valence-corrected chi connectivity index (χ3v) is 4.47. The Morgan fingerprint density at radius 2 is 2.05 bits per heavy atom. The third kappa shape index (κ3) is 3.03. The molecular formula is C13H19ClN2O2S. The largest absolute Gasteiger partial charge is 0.469 e. The van der Waals surface area contributed by atoms with Crippen LogP contribution in [0.3, 0.4) is 0 Å². The minimum absolute atomic E-state index is 0. The molecule has 0 saturated heterocycles. The second-order valence-electron chi connectivity index (χ2n) is 5.19. The maximum absolute atomic E-state index is 6.14. The van der Waals surface area contributed by atoms with Crippen molar-refractivity contribution in [1.82, 2.24) is 8.75 Å². The predicted molar refractivity (Wildman–Crippen MR) is 77.4 cm³/mol. The first-order valence-electron chi connectivity index (χ1n) is 6.57. The molecule has 106 valence electrons. The lowest BCUT2D eigenvalue weighted by atomic mass is 9.97. The normalized spacial score (nSPS) is 28.6. The molecule has 0 unspecified atom stereocenters. The van der Waals surface area contributed by atoms with Crippen molar-refractivity contribution in [3.63, 3.8) is 0 Å². The molecular weight excluding hydrogens is 284 g/mol. The van der Waals surface area contributed by atoms with E-state index in [0.717, 1.165) is 30.5 Å². The highest BCUT2D eigenvalue weighted by Crippen LogP contribution is 2.50. The highest BCUT2D eigenvalue weighted by atomic mass is 35.5. The average Bonchev–Trinajstić information content (AvgIpc) is 3.06. The highest BCUT2D eigenvalue weighted by Gasteiger charge is 2.47. The summed E-state index contributed by atoms with van der Waals surface area (Å²) < 4.78 is 20.1. The minimum atomic E-state index is 0. The number of hydrogen-bond acceptors (Lipinski definition) is 5. The maximum atomic E-state index is 6.14. The molecule has 2 bridgehead atoms. The van der Waals surface area contributed by atoms with Gasteiger partial charge in [-0.15, -0.1) is 21.2 Å². The van der Waals surface area contributed by atoms with Gasteiger partial charge in [-0.2, -0.15) is 0 Å². The van der Waals surface area contributed by atoms with Crippen LogP contribution < -0.4 is 9.47 Å². The number of rotatable bonds is 5. The Balaban J connectivity index is 0.00000133. The summed E-state index contributed by atoms with van der Waals surface area (Å²) in [6, 6.07) is 0. The summed E-state index contributed by atoms with van der Waals surface area (Å²) in [7, 11) is 0. The number of halogens is 1.